The van der Waals surface area contributed by atoms with Gasteiger partial charge >= 0.3 is 0 Å². The van der Waals surface area contributed by atoms with E-state index in [1.807, 2.05) is 6.92 Å². The average Bonchev–Trinajstić information content (AvgIpc) is 2.25. The number of hydrogen-bond donors (Lipinski definition) is 2. The molecule has 0 saturated heterocycles. The number of rotatable bonds is 11. The molecule has 2 heteroatoms. The third-order valence-electron chi connectivity index (χ3n) is 3.01. The number of hydrogen-bond acceptors (Lipinski definition) is 2. The number of aliphatic hydroxyl groups is 1. The Morgan fingerprint density at radius 3 is 1.81 bits per heavy atom. The van der Waals surface area contributed by atoms with Gasteiger partial charge in [0.05, 0.1) is 6.10 Å². The molecule has 0 aliphatic carbocycles. The van der Waals surface area contributed by atoms with E-state index >= 15 is 0 Å². The fourth-order valence-electron chi connectivity index (χ4n) is 1.97. The summed E-state index contributed by atoms with van der Waals surface area (Å²) in [6.07, 6.45) is 10.2. The summed E-state index contributed by atoms with van der Waals surface area (Å²) < 4.78 is 0. The molecule has 1 atom stereocenters. The van der Waals surface area contributed by atoms with E-state index in [2.05, 4.69) is 19.2 Å². The lowest BCUT2D eigenvalue weighted by Gasteiger charge is -2.19. The summed E-state index contributed by atoms with van der Waals surface area (Å²) in [5.41, 5.74) is 0. The van der Waals surface area contributed by atoms with Crippen LogP contribution in [0.25, 0.3) is 0 Å². The fourth-order valence-corrected chi connectivity index (χ4v) is 1.97. The van der Waals surface area contributed by atoms with Gasteiger partial charge in [-0.3, -0.25) is 0 Å². The molecular formula is C14H31NO. The van der Waals surface area contributed by atoms with Crippen molar-refractivity contribution in [3.63, 3.8) is 0 Å². The van der Waals surface area contributed by atoms with E-state index in [1.165, 1.54) is 51.4 Å². The van der Waals surface area contributed by atoms with Crippen molar-refractivity contribution >= 4 is 0 Å². The minimum atomic E-state index is -0.222. The van der Waals surface area contributed by atoms with Crippen LogP contribution in [0.2, 0.25) is 0 Å². The molecule has 0 aliphatic heterocycles. The molecule has 2 N–H and O–H groups in total. The third kappa shape index (κ3) is 10.4. The molecule has 0 saturated carbocycles. The highest BCUT2D eigenvalue weighted by molar-refractivity contribution is 4.68. The van der Waals surface area contributed by atoms with Crippen molar-refractivity contribution in [3.05, 3.63) is 0 Å². The first-order valence-electron chi connectivity index (χ1n) is 7.12. The van der Waals surface area contributed by atoms with Crippen molar-refractivity contribution in [2.24, 2.45) is 0 Å². The normalized spacial score (nSPS) is 13.3. The van der Waals surface area contributed by atoms with Gasteiger partial charge in [0.25, 0.3) is 0 Å². The minimum Gasteiger partial charge on any atom is -0.392 e. The highest BCUT2D eigenvalue weighted by Crippen LogP contribution is 2.10. The Balaban J connectivity index is 3.67. The molecule has 0 amide bonds. The second-order valence-corrected chi connectivity index (χ2v) is 4.95. The molecule has 0 bridgehead atoms. The summed E-state index contributed by atoms with van der Waals surface area (Å²) >= 11 is 0. The van der Waals surface area contributed by atoms with Crippen LogP contribution in [0.4, 0.5) is 0 Å². The molecule has 0 radical (unpaired) electrons. The Kier molecular flexibility index (Phi) is 11.3. The van der Waals surface area contributed by atoms with Gasteiger partial charge < -0.3 is 10.4 Å². The van der Waals surface area contributed by atoms with Crippen molar-refractivity contribution in [2.45, 2.75) is 84.3 Å². The lowest BCUT2D eigenvalue weighted by atomic mass is 10.0. The van der Waals surface area contributed by atoms with Crippen molar-refractivity contribution in [1.29, 1.82) is 0 Å². The molecule has 0 spiro atoms. The highest BCUT2D eigenvalue weighted by atomic mass is 16.3. The molecule has 0 heterocycles. The second-order valence-electron chi connectivity index (χ2n) is 4.95. The third-order valence-corrected chi connectivity index (χ3v) is 3.01. The Hall–Kier alpha value is -0.0800. The molecule has 0 rings (SSSR count). The van der Waals surface area contributed by atoms with E-state index in [9.17, 15) is 5.11 Å². The minimum absolute atomic E-state index is 0.222. The largest absolute Gasteiger partial charge is 0.392 e. The molecule has 0 aromatic rings. The van der Waals surface area contributed by atoms with Gasteiger partial charge in [-0.25, -0.2) is 0 Å². The first kappa shape index (κ1) is 15.9. The topological polar surface area (TPSA) is 32.3 Å². The highest BCUT2D eigenvalue weighted by Gasteiger charge is 2.08. The van der Waals surface area contributed by atoms with Gasteiger partial charge in [0.2, 0.25) is 0 Å². The number of aliphatic hydroxyl groups excluding tert-OH is 1. The van der Waals surface area contributed by atoms with Crippen LogP contribution in [-0.2, 0) is 0 Å². The maximum Gasteiger partial charge on any atom is 0.0636 e. The van der Waals surface area contributed by atoms with Crippen LogP contribution in [0.15, 0.2) is 0 Å². The van der Waals surface area contributed by atoms with Crippen molar-refractivity contribution < 1.29 is 5.11 Å². The zero-order valence-corrected chi connectivity index (χ0v) is 11.5. The van der Waals surface area contributed by atoms with E-state index in [4.69, 9.17) is 0 Å². The lowest BCUT2D eigenvalue weighted by molar-refractivity contribution is 0.183. The van der Waals surface area contributed by atoms with Gasteiger partial charge in [-0.15, -0.1) is 0 Å². The summed E-state index contributed by atoms with van der Waals surface area (Å²) in [6.45, 7) is 7.08. The van der Waals surface area contributed by atoms with Crippen LogP contribution in [0.1, 0.15) is 72.1 Å². The Bertz CT molecular complexity index is 127. The molecule has 98 valence electrons. The second kappa shape index (κ2) is 11.4. The predicted molar refractivity (Wildman–Crippen MR) is 71.8 cm³/mol. The zero-order chi connectivity index (χ0) is 12.2. The molecule has 0 fully saturated rings. The van der Waals surface area contributed by atoms with E-state index in [-0.39, 0.29) is 6.10 Å². The summed E-state index contributed by atoms with van der Waals surface area (Å²) in [7, 11) is 0. The van der Waals surface area contributed by atoms with Crippen molar-refractivity contribution in [1.82, 2.24) is 5.32 Å². The van der Waals surface area contributed by atoms with Crippen LogP contribution in [0, 0.1) is 0 Å². The summed E-state index contributed by atoms with van der Waals surface area (Å²) in [5.74, 6) is 0. The molecule has 0 aromatic heterocycles. The summed E-state index contributed by atoms with van der Waals surface area (Å²) in [5, 5.41) is 12.8. The quantitative estimate of drug-likeness (QED) is 0.532. The molecule has 0 aliphatic rings. The number of nitrogens with one attached hydrogen (secondary N) is 1. The summed E-state index contributed by atoms with van der Waals surface area (Å²) in [6, 6.07) is 0.618. The molecule has 0 unspecified atom stereocenters. The smallest absolute Gasteiger partial charge is 0.0636 e. The monoisotopic (exact) mass is 229 g/mol. The van der Waals surface area contributed by atoms with Crippen LogP contribution < -0.4 is 5.32 Å². The first-order chi connectivity index (χ1) is 7.70. The maximum atomic E-state index is 9.28. The zero-order valence-electron chi connectivity index (χ0n) is 11.5. The van der Waals surface area contributed by atoms with Gasteiger partial charge in [0.15, 0.2) is 0 Å². The van der Waals surface area contributed by atoms with Gasteiger partial charge in [0.1, 0.15) is 0 Å². The summed E-state index contributed by atoms with van der Waals surface area (Å²) in [4.78, 5) is 0. The Morgan fingerprint density at radius 1 is 0.938 bits per heavy atom. The van der Waals surface area contributed by atoms with Gasteiger partial charge in [-0.1, -0.05) is 52.4 Å². The lowest BCUT2D eigenvalue weighted by Crippen LogP contribution is -2.34. The predicted octanol–water partition coefficient (Wildman–Crippen LogP) is 3.49. The van der Waals surface area contributed by atoms with Crippen LogP contribution in [0.5, 0.6) is 0 Å². The number of unbranched alkanes of at least 4 members (excludes halogenated alkanes) is 4. The fraction of sp³-hybridized carbons (Fsp3) is 1.00. The van der Waals surface area contributed by atoms with E-state index < -0.39 is 0 Å². The average molecular weight is 229 g/mol. The van der Waals surface area contributed by atoms with Crippen LogP contribution in [-0.4, -0.2) is 23.8 Å². The maximum absolute atomic E-state index is 9.28. The van der Waals surface area contributed by atoms with E-state index in [0.717, 1.165) is 6.54 Å². The molecule has 0 aromatic carbocycles. The van der Waals surface area contributed by atoms with Crippen molar-refractivity contribution in [3.8, 4) is 0 Å². The molecule has 2 nitrogen and oxygen atoms in total. The Labute approximate surface area is 102 Å². The van der Waals surface area contributed by atoms with E-state index in [1.54, 1.807) is 0 Å². The van der Waals surface area contributed by atoms with E-state index in [0.29, 0.717) is 6.04 Å². The van der Waals surface area contributed by atoms with Gasteiger partial charge in [0, 0.05) is 12.6 Å². The molecular weight excluding hydrogens is 198 g/mol. The van der Waals surface area contributed by atoms with Gasteiger partial charge in [-0.05, 0) is 19.8 Å². The van der Waals surface area contributed by atoms with Gasteiger partial charge in [-0.2, -0.15) is 0 Å². The van der Waals surface area contributed by atoms with Crippen LogP contribution in [0.3, 0.4) is 0 Å². The first-order valence-corrected chi connectivity index (χ1v) is 7.12. The standard InChI is InChI=1S/C14H31NO/c1-4-6-8-10-14(11-9-7-5-2)15-12-13(3)16/h13-16H,4-12H2,1-3H3/t13-/m0/s1. The molecule has 16 heavy (non-hydrogen) atoms. The SMILES string of the molecule is CCCCCC(CCCCC)NC[C@H](C)O. The Morgan fingerprint density at radius 2 is 1.44 bits per heavy atom. The van der Waals surface area contributed by atoms with Crippen molar-refractivity contribution in [2.75, 3.05) is 6.54 Å². The van der Waals surface area contributed by atoms with Crippen LogP contribution >= 0.6 is 0 Å².